The molecule has 1 amide bonds. The van der Waals surface area contributed by atoms with Crippen molar-refractivity contribution in [3.63, 3.8) is 0 Å². The van der Waals surface area contributed by atoms with Crippen molar-refractivity contribution in [3.8, 4) is 22.7 Å². The number of benzene rings is 3. The molecule has 0 saturated carbocycles. The minimum absolute atomic E-state index is 0.122. The van der Waals surface area contributed by atoms with Gasteiger partial charge in [-0.1, -0.05) is 42.5 Å². The second-order valence-electron chi connectivity index (χ2n) is 9.75. The molecule has 0 atom stereocenters. The molecule has 8 nitrogen and oxygen atoms in total. The molecule has 41 heavy (non-hydrogen) atoms. The van der Waals surface area contributed by atoms with Crippen molar-refractivity contribution < 1.29 is 23.0 Å². The van der Waals surface area contributed by atoms with E-state index < -0.39 is 17.3 Å². The van der Waals surface area contributed by atoms with Crippen molar-refractivity contribution in [1.29, 1.82) is 0 Å². The highest BCUT2D eigenvalue weighted by atomic mass is 19.2. The van der Waals surface area contributed by atoms with Gasteiger partial charge >= 0.3 is 5.69 Å². The average Bonchev–Trinajstić information content (AvgIpc) is 3.29. The van der Waals surface area contributed by atoms with Crippen LogP contribution < -0.4 is 15.7 Å². The van der Waals surface area contributed by atoms with Crippen LogP contribution in [0.4, 0.5) is 8.78 Å². The zero-order valence-electron chi connectivity index (χ0n) is 22.8. The number of carbonyl (C=O) groups is 1. The fourth-order valence-electron chi connectivity index (χ4n) is 4.95. The smallest absolute Gasteiger partial charge is 0.334 e. The number of aromatic nitrogens is 2. The maximum atomic E-state index is 14.3. The van der Waals surface area contributed by atoms with E-state index in [1.807, 2.05) is 30.3 Å². The molecule has 4 aromatic rings. The van der Waals surface area contributed by atoms with Gasteiger partial charge in [0.15, 0.2) is 11.6 Å². The number of halogens is 2. The Kier molecular flexibility index (Phi) is 8.91. The normalized spacial score (nSPS) is 13.4. The zero-order valence-corrected chi connectivity index (χ0v) is 22.8. The molecule has 214 valence electrons. The largest absolute Gasteiger partial charge is 0.493 e. The van der Waals surface area contributed by atoms with Crippen molar-refractivity contribution in [2.24, 2.45) is 0 Å². The number of nitrogens with zero attached hydrogens (tertiary/aromatic N) is 3. The van der Waals surface area contributed by atoms with Crippen molar-refractivity contribution in [1.82, 2.24) is 19.4 Å². The first kappa shape index (κ1) is 28.3. The summed E-state index contributed by atoms with van der Waals surface area (Å²) in [6.07, 6.45) is 0.698. The number of rotatable bonds is 10. The molecular weight excluding hydrogens is 530 g/mol. The van der Waals surface area contributed by atoms with E-state index in [2.05, 4.69) is 5.32 Å². The average molecular weight is 563 g/mol. The van der Waals surface area contributed by atoms with Crippen LogP contribution in [0.2, 0.25) is 0 Å². The van der Waals surface area contributed by atoms with Gasteiger partial charge in [-0.15, -0.1) is 0 Å². The SMILES string of the molecule is COCCCOc1cccc(-n2c(-c3ccccc3)c(C(=O)N3CCNCC3)n(Cc3ccc(F)c(F)c3)c2=O)c1. The van der Waals surface area contributed by atoms with E-state index in [1.54, 1.807) is 36.3 Å². The number of carbonyl (C=O) groups excluding carboxylic acids is 1. The highest BCUT2D eigenvalue weighted by Gasteiger charge is 2.31. The Bertz CT molecular complexity index is 1560. The Balaban J connectivity index is 1.70. The quantitative estimate of drug-likeness (QED) is 0.295. The highest BCUT2D eigenvalue weighted by Crippen LogP contribution is 2.29. The van der Waals surface area contributed by atoms with E-state index in [0.717, 1.165) is 12.1 Å². The van der Waals surface area contributed by atoms with Gasteiger partial charge in [-0.2, -0.15) is 0 Å². The van der Waals surface area contributed by atoms with E-state index in [9.17, 15) is 18.4 Å². The third kappa shape index (κ3) is 6.23. The van der Waals surface area contributed by atoms with Crippen LogP contribution in [-0.4, -0.2) is 66.4 Å². The molecule has 0 bridgehead atoms. The van der Waals surface area contributed by atoms with Crippen LogP contribution in [-0.2, 0) is 11.3 Å². The zero-order chi connectivity index (χ0) is 28.8. The van der Waals surface area contributed by atoms with E-state index in [0.29, 0.717) is 74.1 Å². The summed E-state index contributed by atoms with van der Waals surface area (Å²) in [5.41, 5.74) is 1.64. The van der Waals surface area contributed by atoms with Crippen molar-refractivity contribution in [3.05, 3.63) is 106 Å². The number of methoxy groups -OCH3 is 1. The number of imidazole rings is 1. The Morgan fingerprint density at radius 1 is 0.927 bits per heavy atom. The molecule has 0 unspecified atom stereocenters. The molecule has 0 radical (unpaired) electrons. The lowest BCUT2D eigenvalue weighted by Crippen LogP contribution is -2.47. The number of hydrogen-bond donors (Lipinski definition) is 1. The minimum Gasteiger partial charge on any atom is -0.493 e. The van der Waals surface area contributed by atoms with Gasteiger partial charge in [0.2, 0.25) is 0 Å². The lowest BCUT2D eigenvalue weighted by Gasteiger charge is -2.28. The molecule has 1 aliphatic heterocycles. The summed E-state index contributed by atoms with van der Waals surface area (Å²) in [4.78, 5) is 30.1. The molecular formula is C31H32F2N4O4. The van der Waals surface area contributed by atoms with Gasteiger partial charge in [0.25, 0.3) is 5.91 Å². The van der Waals surface area contributed by atoms with Crippen LogP contribution in [0.15, 0.2) is 77.6 Å². The predicted octanol–water partition coefficient (Wildman–Crippen LogP) is 4.09. The third-order valence-electron chi connectivity index (χ3n) is 6.96. The third-order valence-corrected chi connectivity index (χ3v) is 6.96. The molecule has 3 aromatic carbocycles. The summed E-state index contributed by atoms with van der Waals surface area (Å²) in [6.45, 7) is 3.07. The van der Waals surface area contributed by atoms with Crippen LogP contribution in [0.5, 0.6) is 5.75 Å². The number of ether oxygens (including phenoxy) is 2. The van der Waals surface area contributed by atoms with E-state index in [4.69, 9.17) is 9.47 Å². The lowest BCUT2D eigenvalue weighted by molar-refractivity contribution is 0.0725. The Labute approximate surface area is 236 Å². The van der Waals surface area contributed by atoms with Crippen molar-refractivity contribution in [2.45, 2.75) is 13.0 Å². The topological polar surface area (TPSA) is 77.7 Å². The number of amides is 1. The lowest BCUT2D eigenvalue weighted by atomic mass is 10.1. The summed E-state index contributed by atoms with van der Waals surface area (Å²) >= 11 is 0. The Morgan fingerprint density at radius 3 is 2.44 bits per heavy atom. The highest BCUT2D eigenvalue weighted by molar-refractivity contribution is 5.99. The Morgan fingerprint density at radius 2 is 1.71 bits per heavy atom. The first-order chi connectivity index (χ1) is 20.0. The molecule has 0 spiro atoms. The van der Waals surface area contributed by atoms with Gasteiger partial charge in [-0.25, -0.2) is 13.6 Å². The minimum atomic E-state index is -1.02. The molecule has 1 aromatic heterocycles. The van der Waals surface area contributed by atoms with E-state index in [1.165, 1.54) is 15.2 Å². The van der Waals surface area contributed by atoms with Crippen molar-refractivity contribution in [2.75, 3.05) is 46.5 Å². The first-order valence-corrected chi connectivity index (χ1v) is 13.5. The second-order valence-corrected chi connectivity index (χ2v) is 9.75. The fraction of sp³-hybridized carbons (Fsp3) is 0.290. The van der Waals surface area contributed by atoms with Crippen LogP contribution in [0.25, 0.3) is 16.9 Å². The monoisotopic (exact) mass is 562 g/mol. The molecule has 2 heterocycles. The first-order valence-electron chi connectivity index (χ1n) is 13.5. The molecule has 0 aliphatic carbocycles. The molecule has 5 rings (SSSR count). The molecule has 1 fully saturated rings. The van der Waals surface area contributed by atoms with Crippen LogP contribution in [0, 0.1) is 11.6 Å². The summed E-state index contributed by atoms with van der Waals surface area (Å²) in [6, 6.07) is 19.8. The number of nitrogens with one attached hydrogen (secondary N) is 1. The maximum absolute atomic E-state index is 14.3. The molecule has 10 heteroatoms. The van der Waals surface area contributed by atoms with Crippen LogP contribution >= 0.6 is 0 Å². The van der Waals surface area contributed by atoms with Gasteiger partial charge in [0.1, 0.15) is 11.4 Å². The van der Waals surface area contributed by atoms with Crippen LogP contribution in [0.1, 0.15) is 22.5 Å². The summed E-state index contributed by atoms with van der Waals surface area (Å²) in [5.74, 6) is -1.75. The second kappa shape index (κ2) is 12.9. The maximum Gasteiger partial charge on any atom is 0.334 e. The van der Waals surface area contributed by atoms with E-state index in [-0.39, 0.29) is 18.1 Å². The van der Waals surface area contributed by atoms with Crippen molar-refractivity contribution >= 4 is 5.91 Å². The predicted molar refractivity (Wildman–Crippen MR) is 152 cm³/mol. The van der Waals surface area contributed by atoms with Gasteiger partial charge in [-0.3, -0.25) is 13.9 Å². The molecule has 1 aliphatic rings. The molecule has 1 N–H and O–H groups in total. The Hall–Kier alpha value is -4.28. The van der Waals surface area contributed by atoms with Gasteiger partial charge in [0.05, 0.1) is 24.5 Å². The summed E-state index contributed by atoms with van der Waals surface area (Å²) in [5, 5.41) is 3.24. The van der Waals surface area contributed by atoms with E-state index >= 15 is 0 Å². The van der Waals surface area contributed by atoms with Crippen LogP contribution in [0.3, 0.4) is 0 Å². The summed E-state index contributed by atoms with van der Waals surface area (Å²) < 4.78 is 41.7. The number of piperazine rings is 1. The summed E-state index contributed by atoms with van der Waals surface area (Å²) in [7, 11) is 1.63. The number of hydrogen-bond acceptors (Lipinski definition) is 5. The standard InChI is InChI=1S/C31H32F2N4O4/c1-40-17-6-18-41-25-10-5-9-24(20-25)37-28(23-7-3-2-4-8-23)29(30(38)35-15-13-34-14-16-35)36(31(37)39)21-22-11-12-26(32)27(33)19-22/h2-5,7-12,19-20,34H,6,13-18,21H2,1H3. The molecule has 1 saturated heterocycles. The van der Waals surface area contributed by atoms with Gasteiger partial charge in [0, 0.05) is 57.9 Å². The van der Waals surface area contributed by atoms with Gasteiger partial charge in [-0.05, 0) is 29.8 Å². The fourth-order valence-corrected chi connectivity index (χ4v) is 4.95. The van der Waals surface area contributed by atoms with Gasteiger partial charge < -0.3 is 19.7 Å².